The molecule has 0 aromatic carbocycles. The molecule has 5 nitrogen and oxygen atoms in total. The van der Waals surface area contributed by atoms with Gasteiger partial charge in [-0.15, -0.1) is 0 Å². The van der Waals surface area contributed by atoms with E-state index in [1.165, 1.54) is 0 Å². The highest BCUT2D eigenvalue weighted by Gasteiger charge is 2.21. The van der Waals surface area contributed by atoms with Gasteiger partial charge in [-0.05, 0) is 24.0 Å². The Balaban J connectivity index is 0.00000261. The summed E-state index contributed by atoms with van der Waals surface area (Å²) in [5, 5.41) is 1.51. The highest BCUT2D eigenvalue weighted by Crippen LogP contribution is 2.34. The number of aromatic nitrogens is 3. The van der Waals surface area contributed by atoms with Crippen LogP contribution in [0.25, 0.3) is 22.2 Å². The molecule has 140 valence electrons. The Morgan fingerprint density at radius 2 is 1.92 bits per heavy atom. The normalized spacial score (nSPS) is 11.7. The SMILES string of the molecule is CC(C)CN(CC(C)C)C(=O)c1cc(-c2c(Cl)cnc3[nH]ccc23)c[nH]1.[HH]. The number of rotatable bonds is 6. The first kappa shape index (κ1) is 18.5. The third-order valence-corrected chi connectivity index (χ3v) is 4.49. The van der Waals surface area contributed by atoms with Crippen LogP contribution >= 0.6 is 11.6 Å². The van der Waals surface area contributed by atoms with Crippen molar-refractivity contribution in [2.24, 2.45) is 11.8 Å². The van der Waals surface area contributed by atoms with Gasteiger partial charge in [-0.2, -0.15) is 0 Å². The maximum Gasteiger partial charge on any atom is 0.270 e. The molecule has 0 atom stereocenters. The van der Waals surface area contributed by atoms with Crippen LogP contribution in [0.3, 0.4) is 0 Å². The van der Waals surface area contributed by atoms with E-state index in [4.69, 9.17) is 11.6 Å². The number of pyridine rings is 1. The van der Waals surface area contributed by atoms with Gasteiger partial charge in [0, 0.05) is 49.6 Å². The fourth-order valence-electron chi connectivity index (χ4n) is 3.23. The molecule has 0 saturated heterocycles. The van der Waals surface area contributed by atoms with E-state index >= 15 is 0 Å². The minimum Gasteiger partial charge on any atom is -0.357 e. The lowest BCUT2D eigenvalue weighted by Crippen LogP contribution is -2.37. The summed E-state index contributed by atoms with van der Waals surface area (Å²) in [7, 11) is 0. The van der Waals surface area contributed by atoms with Crippen LogP contribution in [0.2, 0.25) is 5.02 Å². The minimum atomic E-state index is 0. The topological polar surface area (TPSA) is 64.8 Å². The number of H-pyrrole nitrogens is 2. The molecule has 0 bridgehead atoms. The Kier molecular flexibility index (Phi) is 5.37. The molecule has 0 aliphatic rings. The van der Waals surface area contributed by atoms with E-state index in [-0.39, 0.29) is 7.33 Å². The predicted molar refractivity (Wildman–Crippen MR) is 109 cm³/mol. The Morgan fingerprint density at radius 3 is 2.58 bits per heavy atom. The van der Waals surface area contributed by atoms with Gasteiger partial charge in [0.1, 0.15) is 11.3 Å². The summed E-state index contributed by atoms with van der Waals surface area (Å²) in [5.41, 5.74) is 3.13. The maximum absolute atomic E-state index is 13.0. The van der Waals surface area contributed by atoms with Gasteiger partial charge in [-0.25, -0.2) is 4.98 Å². The van der Waals surface area contributed by atoms with E-state index in [1.807, 2.05) is 29.4 Å². The Morgan fingerprint density at radius 1 is 1.23 bits per heavy atom. The molecule has 0 radical (unpaired) electrons. The highest BCUT2D eigenvalue weighted by atomic mass is 35.5. The first-order chi connectivity index (χ1) is 12.4. The summed E-state index contributed by atoms with van der Waals surface area (Å²) in [6.07, 6.45) is 5.31. The zero-order valence-corrected chi connectivity index (χ0v) is 16.4. The smallest absolute Gasteiger partial charge is 0.270 e. The number of nitrogens with zero attached hydrogens (tertiary/aromatic N) is 2. The van der Waals surface area contributed by atoms with Gasteiger partial charge in [0.15, 0.2) is 0 Å². The molecule has 0 fully saturated rings. The van der Waals surface area contributed by atoms with Crippen LogP contribution in [-0.2, 0) is 0 Å². The number of fused-ring (bicyclic) bond motifs is 1. The Bertz CT molecular complexity index is 906. The van der Waals surface area contributed by atoms with Crippen molar-refractivity contribution >= 4 is 28.5 Å². The quantitative estimate of drug-likeness (QED) is 0.621. The van der Waals surface area contributed by atoms with Gasteiger partial charge in [0.05, 0.1) is 5.02 Å². The first-order valence-electron chi connectivity index (χ1n) is 8.96. The lowest BCUT2D eigenvalue weighted by Gasteiger charge is -2.25. The van der Waals surface area contributed by atoms with Crippen molar-refractivity contribution in [1.29, 1.82) is 0 Å². The van der Waals surface area contributed by atoms with Gasteiger partial charge < -0.3 is 14.9 Å². The zero-order valence-electron chi connectivity index (χ0n) is 15.6. The number of halogens is 1. The third-order valence-electron chi connectivity index (χ3n) is 4.20. The second-order valence-corrected chi connectivity index (χ2v) is 7.93. The van der Waals surface area contributed by atoms with Crippen LogP contribution < -0.4 is 0 Å². The van der Waals surface area contributed by atoms with Crippen LogP contribution in [0.5, 0.6) is 0 Å². The molecule has 0 aliphatic heterocycles. The van der Waals surface area contributed by atoms with Gasteiger partial charge in [0.25, 0.3) is 5.91 Å². The average Bonchev–Trinajstić information content (AvgIpc) is 3.21. The second-order valence-electron chi connectivity index (χ2n) is 7.52. The number of amides is 1. The standard InChI is InChI=1S/C20H25ClN4O.H2/c1-12(2)10-25(11-13(3)4)20(26)17-7-14(8-23-17)18-15-5-6-22-19(15)24-9-16(18)21;/h5-9,12-13,23H,10-11H2,1-4H3,(H,22,24);1H. The van der Waals surface area contributed by atoms with Crippen LogP contribution in [0.15, 0.2) is 30.7 Å². The Hall–Kier alpha value is -2.27. The summed E-state index contributed by atoms with van der Waals surface area (Å²) >= 11 is 6.40. The zero-order chi connectivity index (χ0) is 18.8. The molecule has 3 heterocycles. The van der Waals surface area contributed by atoms with E-state index < -0.39 is 0 Å². The van der Waals surface area contributed by atoms with Gasteiger partial charge in [-0.3, -0.25) is 4.79 Å². The molecule has 6 heteroatoms. The summed E-state index contributed by atoms with van der Waals surface area (Å²) < 4.78 is 0. The summed E-state index contributed by atoms with van der Waals surface area (Å²) in [6.45, 7) is 9.98. The number of carbonyl (C=O) groups excluding carboxylic acids is 1. The average molecular weight is 375 g/mol. The van der Waals surface area contributed by atoms with Crippen molar-refractivity contribution in [3.8, 4) is 11.1 Å². The van der Waals surface area contributed by atoms with Crippen molar-refractivity contribution in [2.75, 3.05) is 13.1 Å². The maximum atomic E-state index is 13.0. The third kappa shape index (κ3) is 3.78. The van der Waals surface area contributed by atoms with E-state index in [0.717, 1.165) is 35.2 Å². The summed E-state index contributed by atoms with van der Waals surface area (Å²) in [4.78, 5) is 25.4. The van der Waals surface area contributed by atoms with Crippen molar-refractivity contribution in [2.45, 2.75) is 27.7 Å². The van der Waals surface area contributed by atoms with Crippen LogP contribution in [0, 0.1) is 11.8 Å². The van der Waals surface area contributed by atoms with Gasteiger partial charge >= 0.3 is 0 Å². The molecule has 26 heavy (non-hydrogen) atoms. The van der Waals surface area contributed by atoms with E-state index in [1.54, 1.807) is 6.20 Å². The monoisotopic (exact) mass is 374 g/mol. The van der Waals surface area contributed by atoms with Crippen LogP contribution in [-0.4, -0.2) is 38.8 Å². The summed E-state index contributed by atoms with van der Waals surface area (Å²) in [6, 6.07) is 3.82. The lowest BCUT2D eigenvalue weighted by atomic mass is 10.1. The number of nitrogens with one attached hydrogen (secondary N) is 2. The van der Waals surface area contributed by atoms with Gasteiger partial charge in [0.2, 0.25) is 0 Å². The second kappa shape index (κ2) is 7.54. The Labute approximate surface area is 160 Å². The number of aromatic amines is 2. The van der Waals surface area contributed by atoms with Crippen molar-refractivity contribution < 1.29 is 6.22 Å². The largest absolute Gasteiger partial charge is 0.357 e. The van der Waals surface area contributed by atoms with Crippen LogP contribution in [0.1, 0.15) is 39.6 Å². The fourth-order valence-corrected chi connectivity index (χ4v) is 3.49. The molecule has 0 aliphatic carbocycles. The summed E-state index contributed by atoms with van der Waals surface area (Å²) in [5.74, 6) is 0.858. The molecule has 3 aromatic rings. The van der Waals surface area contributed by atoms with E-state index in [0.29, 0.717) is 22.6 Å². The lowest BCUT2D eigenvalue weighted by molar-refractivity contribution is 0.0710. The molecule has 0 saturated carbocycles. The van der Waals surface area contributed by atoms with E-state index in [2.05, 4.69) is 42.6 Å². The molecule has 0 spiro atoms. The highest BCUT2D eigenvalue weighted by molar-refractivity contribution is 6.34. The minimum absolute atomic E-state index is 0. The van der Waals surface area contributed by atoms with E-state index in [9.17, 15) is 4.79 Å². The number of hydrogen-bond donors (Lipinski definition) is 2. The molecule has 3 rings (SSSR count). The van der Waals surface area contributed by atoms with Crippen LogP contribution in [0.4, 0.5) is 0 Å². The molecule has 1 amide bonds. The molecular weight excluding hydrogens is 348 g/mol. The fraction of sp³-hybridized carbons (Fsp3) is 0.400. The van der Waals surface area contributed by atoms with Gasteiger partial charge in [-0.1, -0.05) is 39.3 Å². The predicted octanol–water partition coefficient (Wildman–Crippen LogP) is 5.21. The van der Waals surface area contributed by atoms with Crippen molar-refractivity contribution in [3.63, 3.8) is 0 Å². The molecule has 3 aromatic heterocycles. The molecular formula is C20H27ClN4O. The first-order valence-corrected chi connectivity index (χ1v) is 9.34. The van der Waals surface area contributed by atoms with Crippen molar-refractivity contribution in [3.05, 3.63) is 41.4 Å². The molecule has 2 N–H and O–H groups in total. The number of hydrogen-bond acceptors (Lipinski definition) is 2. The number of carbonyl (C=O) groups is 1. The van der Waals surface area contributed by atoms with Crippen molar-refractivity contribution in [1.82, 2.24) is 19.9 Å². The molecule has 0 unspecified atom stereocenters.